The smallest absolute Gasteiger partial charge is 0.0676 e. The van der Waals surface area contributed by atoms with E-state index in [1.165, 1.54) is 11.3 Å². The molecule has 1 fully saturated rings. The van der Waals surface area contributed by atoms with Crippen LogP contribution >= 0.6 is 0 Å². The van der Waals surface area contributed by atoms with Crippen LogP contribution in [0.15, 0.2) is 24.3 Å². The minimum atomic E-state index is 0.116. The molecule has 0 unspecified atom stereocenters. The van der Waals surface area contributed by atoms with Crippen LogP contribution in [0.4, 0.5) is 5.69 Å². The molecule has 2 atom stereocenters. The van der Waals surface area contributed by atoms with Gasteiger partial charge in [-0.3, -0.25) is 0 Å². The van der Waals surface area contributed by atoms with Gasteiger partial charge in [0.1, 0.15) is 0 Å². The van der Waals surface area contributed by atoms with Gasteiger partial charge in [0, 0.05) is 38.8 Å². The fourth-order valence-electron chi connectivity index (χ4n) is 2.18. The first kappa shape index (κ1) is 11.0. The van der Waals surface area contributed by atoms with Crippen molar-refractivity contribution in [1.29, 1.82) is 5.26 Å². The number of nitrogens with one attached hydrogen (secondary N) is 1. The number of hydrogen-bond acceptors (Lipinski definition) is 3. The standard InChI is InChI=1S/C13H17N3/c1-16(2)12-5-3-10(4-6-12)13-9-15-8-11(13)7-14/h3-6,11,13,15H,8-9H2,1-2H3/t11-,13+/m1/s1. The molecule has 3 heteroatoms. The van der Waals surface area contributed by atoms with Crippen molar-refractivity contribution in [1.82, 2.24) is 5.32 Å². The van der Waals surface area contributed by atoms with E-state index < -0.39 is 0 Å². The highest BCUT2D eigenvalue weighted by molar-refractivity contribution is 5.47. The SMILES string of the molecule is CN(C)c1ccc([C@@H]2CNC[C@H]2C#N)cc1. The predicted octanol–water partition coefficient (Wildman–Crippen LogP) is 1.58. The molecule has 0 spiro atoms. The molecule has 0 saturated carbocycles. The molecule has 1 aliphatic heterocycles. The first-order valence-electron chi connectivity index (χ1n) is 5.60. The molecule has 0 radical (unpaired) electrons. The summed E-state index contributed by atoms with van der Waals surface area (Å²) in [4.78, 5) is 2.08. The number of rotatable bonds is 2. The summed E-state index contributed by atoms with van der Waals surface area (Å²) in [6, 6.07) is 10.9. The van der Waals surface area contributed by atoms with Crippen LogP contribution in [0.2, 0.25) is 0 Å². The van der Waals surface area contributed by atoms with Crippen LogP contribution in [0.3, 0.4) is 0 Å². The van der Waals surface area contributed by atoms with E-state index in [2.05, 4.69) is 40.6 Å². The Labute approximate surface area is 96.7 Å². The molecular weight excluding hydrogens is 198 g/mol. The third-order valence-corrected chi connectivity index (χ3v) is 3.22. The van der Waals surface area contributed by atoms with Crippen LogP contribution in [-0.4, -0.2) is 27.2 Å². The molecule has 1 aromatic rings. The molecule has 0 amide bonds. The summed E-state index contributed by atoms with van der Waals surface area (Å²) < 4.78 is 0. The van der Waals surface area contributed by atoms with Crippen LogP contribution in [0.1, 0.15) is 11.5 Å². The molecule has 0 bridgehead atoms. The zero-order chi connectivity index (χ0) is 11.5. The highest BCUT2D eigenvalue weighted by Crippen LogP contribution is 2.28. The molecule has 84 valence electrons. The van der Waals surface area contributed by atoms with Crippen LogP contribution in [0, 0.1) is 17.2 Å². The van der Waals surface area contributed by atoms with Crippen molar-refractivity contribution in [3.63, 3.8) is 0 Å². The summed E-state index contributed by atoms with van der Waals surface area (Å²) in [5, 5.41) is 12.3. The Hall–Kier alpha value is -1.53. The molecule has 1 saturated heterocycles. The second-order valence-electron chi connectivity index (χ2n) is 4.49. The maximum absolute atomic E-state index is 9.04. The summed E-state index contributed by atoms with van der Waals surface area (Å²) >= 11 is 0. The fraction of sp³-hybridized carbons (Fsp3) is 0.462. The first-order chi connectivity index (χ1) is 7.72. The summed E-state index contributed by atoms with van der Waals surface area (Å²) in [6.45, 7) is 1.73. The lowest BCUT2D eigenvalue weighted by atomic mass is 9.90. The zero-order valence-electron chi connectivity index (χ0n) is 9.77. The molecule has 1 heterocycles. The predicted molar refractivity (Wildman–Crippen MR) is 65.5 cm³/mol. The van der Waals surface area contributed by atoms with E-state index in [4.69, 9.17) is 5.26 Å². The Morgan fingerprint density at radius 1 is 1.25 bits per heavy atom. The Balaban J connectivity index is 2.19. The molecule has 2 rings (SSSR count). The lowest BCUT2D eigenvalue weighted by molar-refractivity contribution is 0.646. The normalized spacial score (nSPS) is 24.1. The average Bonchev–Trinajstić information content (AvgIpc) is 2.77. The average molecular weight is 215 g/mol. The van der Waals surface area contributed by atoms with E-state index in [9.17, 15) is 0 Å². The van der Waals surface area contributed by atoms with Gasteiger partial charge >= 0.3 is 0 Å². The van der Waals surface area contributed by atoms with Crippen molar-refractivity contribution in [2.24, 2.45) is 5.92 Å². The van der Waals surface area contributed by atoms with E-state index in [1.54, 1.807) is 0 Å². The quantitative estimate of drug-likeness (QED) is 0.814. The van der Waals surface area contributed by atoms with Crippen molar-refractivity contribution in [2.75, 3.05) is 32.1 Å². The Morgan fingerprint density at radius 3 is 2.50 bits per heavy atom. The maximum atomic E-state index is 9.04. The minimum absolute atomic E-state index is 0.116. The van der Waals surface area contributed by atoms with Crippen molar-refractivity contribution in [2.45, 2.75) is 5.92 Å². The minimum Gasteiger partial charge on any atom is -0.378 e. The largest absolute Gasteiger partial charge is 0.378 e. The van der Waals surface area contributed by atoms with Gasteiger partial charge in [-0.05, 0) is 17.7 Å². The molecule has 1 aliphatic rings. The lowest BCUT2D eigenvalue weighted by Gasteiger charge is -2.16. The highest BCUT2D eigenvalue weighted by Gasteiger charge is 2.27. The van der Waals surface area contributed by atoms with Gasteiger partial charge < -0.3 is 10.2 Å². The van der Waals surface area contributed by atoms with Gasteiger partial charge in [-0.1, -0.05) is 12.1 Å². The molecule has 3 nitrogen and oxygen atoms in total. The Kier molecular flexibility index (Phi) is 3.12. The van der Waals surface area contributed by atoms with Gasteiger partial charge in [0.25, 0.3) is 0 Å². The third kappa shape index (κ3) is 2.02. The number of nitriles is 1. The van der Waals surface area contributed by atoms with E-state index in [0.29, 0.717) is 5.92 Å². The topological polar surface area (TPSA) is 39.1 Å². The summed E-state index contributed by atoms with van der Waals surface area (Å²) in [6.07, 6.45) is 0. The highest BCUT2D eigenvalue weighted by atomic mass is 15.1. The van der Waals surface area contributed by atoms with Crippen molar-refractivity contribution >= 4 is 5.69 Å². The molecule has 0 aliphatic carbocycles. The van der Waals surface area contributed by atoms with Gasteiger partial charge in [-0.15, -0.1) is 0 Å². The van der Waals surface area contributed by atoms with Gasteiger partial charge in [0.15, 0.2) is 0 Å². The van der Waals surface area contributed by atoms with E-state index in [1.807, 2.05) is 14.1 Å². The Morgan fingerprint density at radius 2 is 1.94 bits per heavy atom. The fourth-order valence-corrected chi connectivity index (χ4v) is 2.18. The second-order valence-corrected chi connectivity index (χ2v) is 4.49. The van der Waals surface area contributed by atoms with E-state index in [0.717, 1.165) is 13.1 Å². The monoisotopic (exact) mass is 215 g/mol. The van der Waals surface area contributed by atoms with Crippen LogP contribution in [0.25, 0.3) is 0 Å². The van der Waals surface area contributed by atoms with Crippen molar-refractivity contribution in [3.8, 4) is 6.07 Å². The van der Waals surface area contributed by atoms with Gasteiger partial charge in [0.2, 0.25) is 0 Å². The van der Waals surface area contributed by atoms with Gasteiger partial charge in [0.05, 0.1) is 12.0 Å². The molecule has 1 aromatic carbocycles. The summed E-state index contributed by atoms with van der Waals surface area (Å²) in [5.41, 5.74) is 2.46. The number of benzene rings is 1. The van der Waals surface area contributed by atoms with Gasteiger partial charge in [-0.25, -0.2) is 0 Å². The number of hydrogen-bond donors (Lipinski definition) is 1. The summed E-state index contributed by atoms with van der Waals surface area (Å²) in [7, 11) is 4.06. The van der Waals surface area contributed by atoms with Crippen molar-refractivity contribution < 1.29 is 0 Å². The maximum Gasteiger partial charge on any atom is 0.0676 e. The Bertz CT molecular complexity index is 389. The van der Waals surface area contributed by atoms with Crippen LogP contribution in [0.5, 0.6) is 0 Å². The summed E-state index contributed by atoms with van der Waals surface area (Å²) in [5.74, 6) is 0.464. The molecular formula is C13H17N3. The zero-order valence-corrected chi connectivity index (χ0v) is 9.77. The molecule has 16 heavy (non-hydrogen) atoms. The molecule has 0 aromatic heterocycles. The van der Waals surface area contributed by atoms with Crippen LogP contribution in [-0.2, 0) is 0 Å². The van der Waals surface area contributed by atoms with Crippen molar-refractivity contribution in [3.05, 3.63) is 29.8 Å². The first-order valence-corrected chi connectivity index (χ1v) is 5.60. The van der Waals surface area contributed by atoms with Crippen LogP contribution < -0.4 is 10.2 Å². The number of nitrogens with zero attached hydrogens (tertiary/aromatic N) is 2. The second kappa shape index (κ2) is 4.54. The van der Waals surface area contributed by atoms with E-state index >= 15 is 0 Å². The third-order valence-electron chi connectivity index (χ3n) is 3.22. The number of anilines is 1. The molecule has 1 N–H and O–H groups in total. The lowest BCUT2D eigenvalue weighted by Crippen LogP contribution is -2.11. The van der Waals surface area contributed by atoms with Gasteiger partial charge in [-0.2, -0.15) is 5.26 Å². The van der Waals surface area contributed by atoms with E-state index in [-0.39, 0.29) is 5.92 Å².